The molecule has 4 heterocycles. The molecule has 4 aromatic rings. The minimum atomic E-state index is -3.72. The third-order valence-electron chi connectivity index (χ3n) is 7.13. The molecular weight excluding hydrogens is 438 g/mol. The Hall–Kier alpha value is -2.75. The fourth-order valence-electron chi connectivity index (χ4n) is 5.41. The summed E-state index contributed by atoms with van der Waals surface area (Å²) in [5.41, 5.74) is 2.21. The van der Waals surface area contributed by atoms with E-state index in [0.29, 0.717) is 17.7 Å². The number of hydrogen-bond donors (Lipinski definition) is 0. The molecule has 0 unspecified atom stereocenters. The lowest BCUT2D eigenvalue weighted by molar-refractivity contribution is 0.00558. The minimum Gasteiger partial charge on any atom is -0.379 e. The van der Waals surface area contributed by atoms with Gasteiger partial charge in [0.15, 0.2) is 5.65 Å². The quantitative estimate of drug-likeness (QED) is 0.459. The molecule has 172 valence electrons. The van der Waals surface area contributed by atoms with Crippen molar-refractivity contribution in [3.05, 3.63) is 55.1 Å². The maximum atomic E-state index is 13.2. The van der Waals surface area contributed by atoms with Gasteiger partial charge in [0.2, 0.25) is 0 Å². The van der Waals surface area contributed by atoms with E-state index in [2.05, 4.69) is 19.4 Å². The van der Waals surface area contributed by atoms with E-state index in [4.69, 9.17) is 4.74 Å². The number of benzene rings is 1. The number of aromatic nitrogens is 4. The van der Waals surface area contributed by atoms with Crippen LogP contribution in [0.4, 0.5) is 0 Å². The summed E-state index contributed by atoms with van der Waals surface area (Å²) in [6, 6.07) is 11.3. The van der Waals surface area contributed by atoms with Crippen LogP contribution in [0.15, 0.2) is 60.0 Å². The Kier molecular flexibility index (Phi) is 5.20. The first-order valence-electron chi connectivity index (χ1n) is 11.6. The molecule has 1 saturated heterocycles. The first-order valence-corrected chi connectivity index (χ1v) is 13.0. The molecule has 6 rings (SSSR count). The zero-order valence-corrected chi connectivity index (χ0v) is 19.2. The summed E-state index contributed by atoms with van der Waals surface area (Å²) >= 11 is 0. The molecular formula is C24H27N5O3S. The molecule has 3 aromatic heterocycles. The summed E-state index contributed by atoms with van der Waals surface area (Å²) in [6.07, 6.45) is 9.66. The molecule has 8 nitrogen and oxygen atoms in total. The second-order valence-electron chi connectivity index (χ2n) is 8.92. The topological polar surface area (TPSA) is 82.2 Å². The highest BCUT2D eigenvalue weighted by Crippen LogP contribution is 2.35. The van der Waals surface area contributed by atoms with Crippen molar-refractivity contribution in [2.45, 2.75) is 42.7 Å². The van der Waals surface area contributed by atoms with Gasteiger partial charge < -0.3 is 9.30 Å². The van der Waals surface area contributed by atoms with Gasteiger partial charge in [-0.3, -0.25) is 4.90 Å². The summed E-state index contributed by atoms with van der Waals surface area (Å²) in [6.45, 7) is 3.72. The SMILES string of the molecule is O=S(=O)(c1ccccc1)n1ccc2c3c(cnc21)ncn3C1CCC(N2CCOCC2)CC1. The zero-order chi connectivity index (χ0) is 22.4. The smallest absolute Gasteiger partial charge is 0.269 e. The predicted octanol–water partition coefficient (Wildman–Crippen LogP) is 3.44. The van der Waals surface area contributed by atoms with Crippen molar-refractivity contribution in [3.8, 4) is 0 Å². The highest BCUT2D eigenvalue weighted by molar-refractivity contribution is 7.90. The second kappa shape index (κ2) is 8.23. The van der Waals surface area contributed by atoms with Crippen LogP contribution in [0.2, 0.25) is 0 Å². The average molecular weight is 466 g/mol. The number of morpholine rings is 1. The van der Waals surface area contributed by atoms with E-state index in [1.54, 1.807) is 42.7 Å². The van der Waals surface area contributed by atoms with E-state index in [-0.39, 0.29) is 4.90 Å². The molecule has 0 atom stereocenters. The molecule has 0 spiro atoms. The molecule has 0 amide bonds. The fourth-order valence-corrected chi connectivity index (χ4v) is 6.73. The Labute approximate surface area is 192 Å². The molecule has 1 saturated carbocycles. The highest BCUT2D eigenvalue weighted by Gasteiger charge is 2.29. The number of imidazole rings is 1. The number of rotatable bonds is 4. The van der Waals surface area contributed by atoms with E-state index in [9.17, 15) is 8.42 Å². The van der Waals surface area contributed by atoms with Crippen molar-refractivity contribution in [2.75, 3.05) is 26.3 Å². The summed E-state index contributed by atoms with van der Waals surface area (Å²) < 4.78 is 35.5. The summed E-state index contributed by atoms with van der Waals surface area (Å²) in [5.74, 6) is 0. The Morgan fingerprint density at radius 2 is 1.64 bits per heavy atom. The van der Waals surface area contributed by atoms with Crippen molar-refractivity contribution in [2.24, 2.45) is 0 Å². The van der Waals surface area contributed by atoms with Crippen molar-refractivity contribution >= 4 is 32.1 Å². The monoisotopic (exact) mass is 465 g/mol. The maximum Gasteiger partial charge on any atom is 0.269 e. The third-order valence-corrected chi connectivity index (χ3v) is 8.81. The van der Waals surface area contributed by atoms with Crippen molar-refractivity contribution < 1.29 is 13.2 Å². The second-order valence-corrected chi connectivity index (χ2v) is 10.7. The van der Waals surface area contributed by atoms with Gasteiger partial charge in [0.1, 0.15) is 5.52 Å². The largest absolute Gasteiger partial charge is 0.379 e. The summed E-state index contributed by atoms with van der Waals surface area (Å²) in [4.78, 5) is 11.9. The molecule has 2 fully saturated rings. The van der Waals surface area contributed by atoms with Gasteiger partial charge in [-0.25, -0.2) is 22.4 Å². The van der Waals surface area contributed by atoms with Crippen LogP contribution in [0.5, 0.6) is 0 Å². The van der Waals surface area contributed by atoms with Crippen LogP contribution in [0.3, 0.4) is 0 Å². The van der Waals surface area contributed by atoms with E-state index in [1.165, 1.54) is 3.97 Å². The maximum absolute atomic E-state index is 13.2. The van der Waals surface area contributed by atoms with Gasteiger partial charge in [0, 0.05) is 36.8 Å². The van der Waals surface area contributed by atoms with Gasteiger partial charge in [0.25, 0.3) is 10.0 Å². The van der Waals surface area contributed by atoms with Crippen LogP contribution in [0.25, 0.3) is 22.1 Å². The first kappa shape index (κ1) is 20.8. The molecule has 1 aromatic carbocycles. The normalized spacial score (nSPS) is 22.8. The van der Waals surface area contributed by atoms with Crippen LogP contribution < -0.4 is 0 Å². The summed E-state index contributed by atoms with van der Waals surface area (Å²) in [7, 11) is -3.72. The minimum absolute atomic E-state index is 0.249. The number of ether oxygens (including phenoxy) is 1. The Balaban J connectivity index is 1.34. The predicted molar refractivity (Wildman–Crippen MR) is 126 cm³/mol. The Morgan fingerprint density at radius 3 is 2.39 bits per heavy atom. The van der Waals surface area contributed by atoms with Crippen LogP contribution in [-0.2, 0) is 14.8 Å². The Bertz CT molecular complexity index is 1380. The van der Waals surface area contributed by atoms with Gasteiger partial charge in [-0.15, -0.1) is 0 Å². The van der Waals surface area contributed by atoms with Gasteiger partial charge in [-0.05, 0) is 43.9 Å². The lowest BCUT2D eigenvalue weighted by Crippen LogP contribution is -2.45. The van der Waals surface area contributed by atoms with E-state index in [1.807, 2.05) is 12.4 Å². The van der Waals surface area contributed by atoms with Gasteiger partial charge in [-0.2, -0.15) is 0 Å². The van der Waals surface area contributed by atoms with E-state index in [0.717, 1.165) is 68.4 Å². The van der Waals surface area contributed by atoms with Crippen molar-refractivity contribution in [1.29, 1.82) is 0 Å². The van der Waals surface area contributed by atoms with Crippen molar-refractivity contribution in [3.63, 3.8) is 0 Å². The lowest BCUT2D eigenvalue weighted by atomic mass is 9.89. The van der Waals surface area contributed by atoms with E-state index >= 15 is 0 Å². The molecule has 9 heteroatoms. The molecule has 0 radical (unpaired) electrons. The zero-order valence-electron chi connectivity index (χ0n) is 18.4. The number of nitrogens with zero attached hydrogens (tertiary/aromatic N) is 5. The Morgan fingerprint density at radius 1 is 0.909 bits per heavy atom. The van der Waals surface area contributed by atoms with Crippen LogP contribution in [0.1, 0.15) is 31.7 Å². The average Bonchev–Trinajstić information content (AvgIpc) is 3.50. The molecule has 1 aliphatic heterocycles. The van der Waals surface area contributed by atoms with Crippen LogP contribution in [-0.4, -0.2) is 64.2 Å². The van der Waals surface area contributed by atoms with Gasteiger partial charge >= 0.3 is 0 Å². The summed E-state index contributed by atoms with van der Waals surface area (Å²) in [5, 5.41) is 0.819. The number of fused-ring (bicyclic) bond motifs is 3. The van der Waals surface area contributed by atoms with Crippen LogP contribution >= 0.6 is 0 Å². The molecule has 33 heavy (non-hydrogen) atoms. The molecule has 0 bridgehead atoms. The first-order chi connectivity index (χ1) is 16.1. The van der Waals surface area contributed by atoms with Gasteiger partial charge in [0.05, 0.1) is 36.2 Å². The van der Waals surface area contributed by atoms with Crippen molar-refractivity contribution in [1.82, 2.24) is 23.4 Å². The number of hydrogen-bond acceptors (Lipinski definition) is 6. The van der Waals surface area contributed by atoms with E-state index < -0.39 is 10.0 Å². The molecule has 2 aliphatic rings. The standard InChI is InChI=1S/C24H27N5O3S/c30-33(31,20-4-2-1-3-5-20)29-11-10-21-23-22(16-25-24(21)29)26-17-28(23)19-8-6-18(7-9-19)27-12-14-32-15-13-27/h1-5,10-11,16-19H,6-9,12-15H2. The molecule has 0 N–H and O–H groups in total. The highest BCUT2D eigenvalue weighted by atomic mass is 32.2. The molecule has 1 aliphatic carbocycles. The fraction of sp³-hybridized carbons (Fsp3) is 0.417. The lowest BCUT2D eigenvalue weighted by Gasteiger charge is -2.39. The third kappa shape index (κ3) is 3.55. The number of pyridine rings is 1. The van der Waals surface area contributed by atoms with Crippen LogP contribution in [0, 0.1) is 0 Å². The van der Waals surface area contributed by atoms with Gasteiger partial charge in [-0.1, -0.05) is 18.2 Å².